The highest BCUT2D eigenvalue weighted by molar-refractivity contribution is 9.09. The van der Waals surface area contributed by atoms with Crippen molar-refractivity contribution in [1.82, 2.24) is 9.71 Å². The van der Waals surface area contributed by atoms with Crippen molar-refractivity contribution < 1.29 is 8.42 Å². The highest BCUT2D eigenvalue weighted by Crippen LogP contribution is 2.21. The second-order valence-electron chi connectivity index (χ2n) is 4.56. The van der Waals surface area contributed by atoms with Gasteiger partial charge in [0.05, 0.1) is 10.4 Å². The number of benzene rings is 1. The number of halogens is 1. The normalized spacial score (nSPS) is 13.5. The molecule has 0 amide bonds. The molecule has 2 rings (SSSR count). The van der Waals surface area contributed by atoms with E-state index in [0.717, 1.165) is 12.8 Å². The molecule has 2 aromatic rings. The lowest BCUT2D eigenvalue weighted by Gasteiger charge is -2.12. The topological polar surface area (TPSA) is 59.1 Å². The zero-order chi connectivity index (χ0) is 14.6. The van der Waals surface area contributed by atoms with E-state index in [4.69, 9.17) is 0 Å². The second kappa shape index (κ2) is 6.65. The van der Waals surface area contributed by atoms with Crippen molar-refractivity contribution in [3.63, 3.8) is 0 Å². The minimum absolute atomic E-state index is 0.148. The Balaban J connectivity index is 2.28. The number of fused-ring (bicyclic) bond motifs is 1. The third-order valence-corrected chi connectivity index (χ3v) is 5.26. The Morgan fingerprint density at radius 2 is 2.10 bits per heavy atom. The molecule has 4 nitrogen and oxygen atoms in total. The van der Waals surface area contributed by atoms with Crippen LogP contribution in [0.25, 0.3) is 10.9 Å². The molecule has 1 atom stereocenters. The molecule has 0 fully saturated rings. The molecule has 0 aliphatic rings. The smallest absolute Gasteiger partial charge is 0.241 e. The lowest BCUT2D eigenvalue weighted by atomic mass is 10.2. The fourth-order valence-corrected chi connectivity index (χ4v) is 4.13. The SMILES string of the molecule is CCCC(Br)CNS(=O)(=O)c1cccc2ncccc12. The standard InChI is InChI=1S/C14H17BrN2O2S/c1-2-5-11(15)10-17-20(18,19)14-8-3-7-13-12(14)6-4-9-16-13/h3-4,6-9,11,17H,2,5,10H2,1H3. The van der Waals surface area contributed by atoms with Crippen molar-refractivity contribution in [3.05, 3.63) is 36.5 Å². The number of sulfonamides is 1. The molecule has 0 bridgehead atoms. The van der Waals surface area contributed by atoms with E-state index in [-0.39, 0.29) is 9.72 Å². The minimum atomic E-state index is -3.52. The molecule has 6 heteroatoms. The van der Waals surface area contributed by atoms with Crippen molar-refractivity contribution in [2.45, 2.75) is 29.5 Å². The van der Waals surface area contributed by atoms with E-state index in [1.54, 1.807) is 36.5 Å². The fourth-order valence-electron chi connectivity index (χ4n) is 2.00. The summed E-state index contributed by atoms with van der Waals surface area (Å²) >= 11 is 3.47. The summed E-state index contributed by atoms with van der Waals surface area (Å²) in [4.78, 5) is 4.60. The molecule has 108 valence electrons. The molecule has 0 saturated heterocycles. The average Bonchev–Trinajstić information content (AvgIpc) is 2.45. The number of hydrogen-bond donors (Lipinski definition) is 1. The third-order valence-electron chi connectivity index (χ3n) is 2.99. The maximum absolute atomic E-state index is 12.4. The van der Waals surface area contributed by atoms with Gasteiger partial charge in [-0.2, -0.15) is 0 Å². The third kappa shape index (κ3) is 3.56. The highest BCUT2D eigenvalue weighted by atomic mass is 79.9. The van der Waals surface area contributed by atoms with Gasteiger partial charge in [0, 0.05) is 23.0 Å². The van der Waals surface area contributed by atoms with E-state index in [1.807, 2.05) is 0 Å². The first-order chi connectivity index (χ1) is 9.54. The van der Waals surface area contributed by atoms with Crippen LogP contribution in [0.5, 0.6) is 0 Å². The van der Waals surface area contributed by atoms with Crippen LogP contribution in [0.1, 0.15) is 19.8 Å². The number of nitrogens with zero attached hydrogens (tertiary/aromatic N) is 1. The van der Waals surface area contributed by atoms with Crippen LogP contribution in [0.2, 0.25) is 0 Å². The summed E-state index contributed by atoms with van der Waals surface area (Å²) in [5.74, 6) is 0. The molecular formula is C14H17BrN2O2S. The number of aromatic nitrogens is 1. The molecule has 1 unspecified atom stereocenters. The van der Waals surface area contributed by atoms with Crippen LogP contribution in [0.15, 0.2) is 41.4 Å². The molecular weight excluding hydrogens is 340 g/mol. The van der Waals surface area contributed by atoms with Crippen molar-refractivity contribution in [2.24, 2.45) is 0 Å². The van der Waals surface area contributed by atoms with Gasteiger partial charge in [-0.1, -0.05) is 35.3 Å². The van der Waals surface area contributed by atoms with Crippen LogP contribution in [0.3, 0.4) is 0 Å². The summed E-state index contributed by atoms with van der Waals surface area (Å²) in [6.07, 6.45) is 3.59. The van der Waals surface area contributed by atoms with Gasteiger partial charge in [0.25, 0.3) is 0 Å². The van der Waals surface area contributed by atoms with Crippen LogP contribution in [-0.4, -0.2) is 24.8 Å². The summed E-state index contributed by atoms with van der Waals surface area (Å²) < 4.78 is 27.4. The monoisotopic (exact) mass is 356 g/mol. The quantitative estimate of drug-likeness (QED) is 0.809. The van der Waals surface area contributed by atoms with Crippen molar-refractivity contribution in [2.75, 3.05) is 6.54 Å². The van der Waals surface area contributed by atoms with Crippen LogP contribution < -0.4 is 4.72 Å². The summed E-state index contributed by atoms with van der Waals surface area (Å²) in [6, 6.07) is 8.63. The van der Waals surface area contributed by atoms with Crippen molar-refractivity contribution >= 4 is 36.9 Å². The zero-order valence-corrected chi connectivity index (χ0v) is 13.6. The first-order valence-electron chi connectivity index (χ1n) is 6.52. The van der Waals surface area contributed by atoms with E-state index >= 15 is 0 Å². The molecule has 0 radical (unpaired) electrons. The Labute approximate surface area is 127 Å². The van der Waals surface area contributed by atoms with Crippen molar-refractivity contribution in [3.8, 4) is 0 Å². The predicted molar refractivity (Wildman–Crippen MR) is 84.6 cm³/mol. The van der Waals surface area contributed by atoms with E-state index in [0.29, 0.717) is 17.4 Å². The number of rotatable bonds is 6. The van der Waals surface area contributed by atoms with Crippen LogP contribution in [-0.2, 0) is 10.0 Å². The summed E-state index contributed by atoms with van der Waals surface area (Å²) in [7, 11) is -3.52. The Morgan fingerprint density at radius 3 is 2.85 bits per heavy atom. The minimum Gasteiger partial charge on any atom is -0.256 e. The lowest BCUT2D eigenvalue weighted by molar-refractivity contribution is 0.579. The van der Waals surface area contributed by atoms with Crippen LogP contribution in [0, 0.1) is 0 Å². The van der Waals surface area contributed by atoms with E-state index < -0.39 is 10.0 Å². The van der Waals surface area contributed by atoms with Gasteiger partial charge in [0.1, 0.15) is 0 Å². The number of nitrogens with one attached hydrogen (secondary N) is 1. The Kier molecular flexibility index (Phi) is 5.12. The zero-order valence-electron chi connectivity index (χ0n) is 11.2. The molecule has 20 heavy (non-hydrogen) atoms. The molecule has 1 heterocycles. The first-order valence-corrected chi connectivity index (χ1v) is 8.92. The van der Waals surface area contributed by atoms with Gasteiger partial charge in [0.2, 0.25) is 10.0 Å². The predicted octanol–water partition coefficient (Wildman–Crippen LogP) is 3.08. The van der Waals surface area contributed by atoms with Gasteiger partial charge in [-0.15, -0.1) is 0 Å². The summed E-state index contributed by atoms with van der Waals surface area (Å²) in [5, 5.41) is 0.643. The molecule has 0 aliphatic carbocycles. The van der Waals surface area contributed by atoms with Gasteiger partial charge in [-0.25, -0.2) is 13.1 Å². The summed E-state index contributed by atoms with van der Waals surface area (Å²) in [5.41, 5.74) is 0.680. The average molecular weight is 357 g/mol. The Bertz CT molecular complexity index is 683. The highest BCUT2D eigenvalue weighted by Gasteiger charge is 2.18. The summed E-state index contributed by atoms with van der Waals surface area (Å²) in [6.45, 7) is 2.45. The van der Waals surface area contributed by atoms with E-state index in [2.05, 4.69) is 32.6 Å². The maximum Gasteiger partial charge on any atom is 0.241 e. The van der Waals surface area contributed by atoms with Gasteiger partial charge >= 0.3 is 0 Å². The first kappa shape index (κ1) is 15.4. The molecule has 0 saturated carbocycles. The second-order valence-corrected chi connectivity index (χ2v) is 7.59. The fraction of sp³-hybridized carbons (Fsp3) is 0.357. The number of hydrogen-bond acceptors (Lipinski definition) is 3. The maximum atomic E-state index is 12.4. The number of alkyl halides is 1. The lowest BCUT2D eigenvalue weighted by Crippen LogP contribution is -2.29. The van der Waals surface area contributed by atoms with Crippen molar-refractivity contribution in [1.29, 1.82) is 0 Å². The Hall–Kier alpha value is -0.980. The van der Waals surface area contributed by atoms with Gasteiger partial charge in [-0.05, 0) is 30.7 Å². The van der Waals surface area contributed by atoms with Crippen LogP contribution >= 0.6 is 15.9 Å². The molecule has 1 aromatic heterocycles. The van der Waals surface area contributed by atoms with Crippen LogP contribution in [0.4, 0.5) is 0 Å². The van der Waals surface area contributed by atoms with Gasteiger partial charge in [-0.3, -0.25) is 4.98 Å². The van der Waals surface area contributed by atoms with Gasteiger partial charge < -0.3 is 0 Å². The van der Waals surface area contributed by atoms with E-state index in [1.165, 1.54) is 0 Å². The van der Waals surface area contributed by atoms with Gasteiger partial charge in [0.15, 0.2) is 0 Å². The number of pyridine rings is 1. The van der Waals surface area contributed by atoms with E-state index in [9.17, 15) is 8.42 Å². The largest absolute Gasteiger partial charge is 0.256 e. The molecule has 1 aromatic carbocycles. The molecule has 0 aliphatic heterocycles. The molecule has 1 N–H and O–H groups in total. The molecule has 0 spiro atoms. The Morgan fingerprint density at radius 1 is 1.30 bits per heavy atom.